The molecule has 5 nitrogen and oxygen atoms in total. The Morgan fingerprint density at radius 2 is 1.90 bits per heavy atom. The molecule has 0 saturated carbocycles. The van der Waals surface area contributed by atoms with Crippen molar-refractivity contribution in [3.63, 3.8) is 0 Å². The first kappa shape index (κ1) is 15.3. The number of anilines is 1. The molecular formula is C14H22N2O3S. The van der Waals surface area contributed by atoms with Crippen molar-refractivity contribution in [3.05, 3.63) is 29.8 Å². The lowest BCUT2D eigenvalue weighted by molar-refractivity contribution is 0.0889. The Bertz CT molecular complexity index is 522. The standard InChI is InChI=1S/C14H22N2O3S/c1-2-20(18,19)16-13-5-3-11(4-6-13)14(17)12-7-9-15-10-8-12/h3-6,12,14-17H,2,7-10H2,1H3. The first-order valence-corrected chi connectivity index (χ1v) is 8.66. The van der Waals surface area contributed by atoms with E-state index in [4.69, 9.17) is 0 Å². The summed E-state index contributed by atoms with van der Waals surface area (Å²) < 4.78 is 25.4. The molecule has 0 radical (unpaired) electrons. The van der Waals surface area contributed by atoms with Gasteiger partial charge in [0.05, 0.1) is 11.9 Å². The Morgan fingerprint density at radius 3 is 2.45 bits per heavy atom. The molecule has 0 spiro atoms. The smallest absolute Gasteiger partial charge is 0.232 e. The second-order valence-corrected chi connectivity index (χ2v) is 7.17. The van der Waals surface area contributed by atoms with Gasteiger partial charge in [-0.3, -0.25) is 4.72 Å². The van der Waals surface area contributed by atoms with Crippen molar-refractivity contribution >= 4 is 15.7 Å². The van der Waals surface area contributed by atoms with E-state index in [9.17, 15) is 13.5 Å². The van der Waals surface area contributed by atoms with E-state index in [1.807, 2.05) is 0 Å². The van der Waals surface area contributed by atoms with Crippen LogP contribution in [0.25, 0.3) is 0 Å². The van der Waals surface area contributed by atoms with Crippen molar-refractivity contribution < 1.29 is 13.5 Å². The molecule has 2 rings (SSSR count). The molecule has 1 fully saturated rings. The summed E-state index contributed by atoms with van der Waals surface area (Å²) in [7, 11) is -3.25. The second-order valence-electron chi connectivity index (χ2n) is 5.16. The van der Waals surface area contributed by atoms with Gasteiger partial charge in [-0.1, -0.05) is 12.1 Å². The summed E-state index contributed by atoms with van der Waals surface area (Å²) in [4.78, 5) is 0. The van der Waals surface area contributed by atoms with Crippen LogP contribution in [0.2, 0.25) is 0 Å². The largest absolute Gasteiger partial charge is 0.388 e. The molecule has 1 heterocycles. The van der Waals surface area contributed by atoms with Crippen LogP contribution in [0.5, 0.6) is 0 Å². The number of sulfonamides is 1. The Morgan fingerprint density at radius 1 is 1.30 bits per heavy atom. The van der Waals surface area contributed by atoms with E-state index in [1.54, 1.807) is 31.2 Å². The van der Waals surface area contributed by atoms with Gasteiger partial charge in [0.25, 0.3) is 0 Å². The van der Waals surface area contributed by atoms with E-state index in [0.717, 1.165) is 31.5 Å². The third-order valence-corrected chi connectivity index (χ3v) is 5.04. The average molecular weight is 298 g/mol. The van der Waals surface area contributed by atoms with E-state index in [0.29, 0.717) is 5.69 Å². The van der Waals surface area contributed by atoms with Gasteiger partial charge in [-0.2, -0.15) is 0 Å². The molecule has 1 atom stereocenters. The van der Waals surface area contributed by atoms with Crippen LogP contribution in [0, 0.1) is 5.92 Å². The molecule has 1 aliphatic heterocycles. The maximum atomic E-state index is 11.5. The number of aliphatic hydroxyl groups is 1. The van der Waals surface area contributed by atoms with Gasteiger partial charge in [-0.25, -0.2) is 8.42 Å². The van der Waals surface area contributed by atoms with Crippen LogP contribution in [-0.4, -0.2) is 32.4 Å². The molecule has 1 aromatic rings. The Kier molecular flexibility index (Phi) is 5.01. The number of nitrogens with one attached hydrogen (secondary N) is 2. The molecule has 1 unspecified atom stereocenters. The fraction of sp³-hybridized carbons (Fsp3) is 0.571. The third kappa shape index (κ3) is 3.94. The highest BCUT2D eigenvalue weighted by Crippen LogP contribution is 2.29. The molecule has 112 valence electrons. The van der Waals surface area contributed by atoms with Crippen LogP contribution in [0.15, 0.2) is 24.3 Å². The highest BCUT2D eigenvalue weighted by Gasteiger charge is 2.22. The summed E-state index contributed by atoms with van der Waals surface area (Å²) in [5.74, 6) is 0.321. The highest BCUT2D eigenvalue weighted by molar-refractivity contribution is 7.92. The number of aliphatic hydroxyl groups excluding tert-OH is 1. The number of benzene rings is 1. The zero-order chi connectivity index (χ0) is 14.6. The lowest BCUT2D eigenvalue weighted by Gasteiger charge is -2.27. The third-order valence-electron chi connectivity index (χ3n) is 3.74. The molecule has 0 aliphatic carbocycles. The van der Waals surface area contributed by atoms with Crippen LogP contribution >= 0.6 is 0 Å². The second kappa shape index (κ2) is 6.56. The zero-order valence-electron chi connectivity index (χ0n) is 11.7. The van der Waals surface area contributed by atoms with Crippen molar-refractivity contribution in [3.8, 4) is 0 Å². The topological polar surface area (TPSA) is 78.4 Å². The van der Waals surface area contributed by atoms with Crippen LogP contribution < -0.4 is 10.0 Å². The molecule has 20 heavy (non-hydrogen) atoms. The van der Waals surface area contributed by atoms with Gasteiger partial charge in [0.1, 0.15) is 0 Å². The minimum atomic E-state index is -3.25. The van der Waals surface area contributed by atoms with Crippen molar-refractivity contribution in [2.24, 2.45) is 5.92 Å². The van der Waals surface area contributed by atoms with Crippen molar-refractivity contribution in [2.75, 3.05) is 23.6 Å². The van der Waals surface area contributed by atoms with Crippen LogP contribution in [-0.2, 0) is 10.0 Å². The Hall–Kier alpha value is -1.11. The predicted molar refractivity (Wildman–Crippen MR) is 80.1 cm³/mol. The Labute approximate surface area is 120 Å². The summed E-state index contributed by atoms with van der Waals surface area (Å²) >= 11 is 0. The van der Waals surface area contributed by atoms with E-state index in [2.05, 4.69) is 10.0 Å². The maximum absolute atomic E-state index is 11.5. The molecule has 3 N–H and O–H groups in total. The normalized spacial score (nSPS) is 18.7. The van der Waals surface area contributed by atoms with Gasteiger partial charge in [-0.15, -0.1) is 0 Å². The summed E-state index contributed by atoms with van der Waals surface area (Å²) in [6.07, 6.45) is 1.45. The Balaban J connectivity index is 2.03. The fourth-order valence-electron chi connectivity index (χ4n) is 2.43. The number of hydrogen-bond acceptors (Lipinski definition) is 4. The first-order chi connectivity index (χ1) is 9.52. The van der Waals surface area contributed by atoms with Gasteiger partial charge in [-0.05, 0) is 56.5 Å². The predicted octanol–water partition coefficient (Wildman–Crippen LogP) is 1.48. The zero-order valence-corrected chi connectivity index (χ0v) is 12.5. The monoisotopic (exact) mass is 298 g/mol. The maximum Gasteiger partial charge on any atom is 0.232 e. The summed E-state index contributed by atoms with van der Waals surface area (Å²) in [5, 5.41) is 13.6. The van der Waals surface area contributed by atoms with E-state index in [1.165, 1.54) is 0 Å². The first-order valence-electron chi connectivity index (χ1n) is 7.01. The van der Waals surface area contributed by atoms with Gasteiger partial charge in [0, 0.05) is 5.69 Å². The molecule has 0 bridgehead atoms. The SMILES string of the molecule is CCS(=O)(=O)Nc1ccc(C(O)C2CCNCC2)cc1. The quantitative estimate of drug-likeness (QED) is 0.769. The lowest BCUT2D eigenvalue weighted by atomic mass is 9.88. The number of piperidine rings is 1. The average Bonchev–Trinajstić information content (AvgIpc) is 2.48. The van der Waals surface area contributed by atoms with Crippen molar-refractivity contribution in [2.45, 2.75) is 25.9 Å². The molecule has 1 aliphatic rings. The summed E-state index contributed by atoms with van der Waals surface area (Å²) in [6, 6.07) is 6.99. The van der Waals surface area contributed by atoms with Crippen LogP contribution in [0.1, 0.15) is 31.4 Å². The molecule has 1 saturated heterocycles. The van der Waals surface area contributed by atoms with Gasteiger partial charge >= 0.3 is 0 Å². The number of rotatable bonds is 5. The van der Waals surface area contributed by atoms with Crippen LogP contribution in [0.4, 0.5) is 5.69 Å². The van der Waals surface area contributed by atoms with Crippen LogP contribution in [0.3, 0.4) is 0 Å². The highest BCUT2D eigenvalue weighted by atomic mass is 32.2. The summed E-state index contributed by atoms with van der Waals surface area (Å²) in [5.41, 5.74) is 1.38. The van der Waals surface area contributed by atoms with Gasteiger partial charge in [0.15, 0.2) is 0 Å². The summed E-state index contributed by atoms with van der Waals surface area (Å²) in [6.45, 7) is 3.48. The van der Waals surface area contributed by atoms with E-state index < -0.39 is 16.1 Å². The fourth-order valence-corrected chi connectivity index (χ4v) is 3.07. The van der Waals surface area contributed by atoms with Crippen molar-refractivity contribution in [1.82, 2.24) is 5.32 Å². The van der Waals surface area contributed by atoms with E-state index in [-0.39, 0.29) is 11.7 Å². The molecule has 1 aromatic carbocycles. The number of hydrogen-bond donors (Lipinski definition) is 3. The van der Waals surface area contributed by atoms with Gasteiger partial charge < -0.3 is 10.4 Å². The molecule has 0 aromatic heterocycles. The lowest BCUT2D eigenvalue weighted by Crippen LogP contribution is -2.30. The van der Waals surface area contributed by atoms with E-state index >= 15 is 0 Å². The molecule has 0 amide bonds. The minimum absolute atomic E-state index is 0.0481. The van der Waals surface area contributed by atoms with Gasteiger partial charge in [0.2, 0.25) is 10.0 Å². The van der Waals surface area contributed by atoms with Crippen molar-refractivity contribution in [1.29, 1.82) is 0 Å². The molecular weight excluding hydrogens is 276 g/mol. The molecule has 6 heteroatoms. The minimum Gasteiger partial charge on any atom is -0.388 e.